The normalized spacial score (nSPS) is 20.7. The third kappa shape index (κ3) is 3.55. The minimum atomic E-state index is -0.155. The molecule has 1 aliphatic rings. The molecule has 5 nitrogen and oxygen atoms in total. The maximum absolute atomic E-state index is 12.6. The summed E-state index contributed by atoms with van der Waals surface area (Å²) < 4.78 is 11.4. The molecule has 2 rings (SSSR count). The Morgan fingerprint density at radius 2 is 2.18 bits per heavy atom. The number of nitrogens with one attached hydrogen (secondary N) is 2. The highest BCUT2D eigenvalue weighted by molar-refractivity contribution is 9.10. The topological polar surface area (TPSA) is 52.0 Å². The highest BCUT2D eigenvalue weighted by Crippen LogP contribution is 2.35. The van der Waals surface area contributed by atoms with Gasteiger partial charge in [0.15, 0.2) is 0 Å². The Hall–Kier alpha value is -1.27. The fourth-order valence-electron chi connectivity index (χ4n) is 3.12. The van der Waals surface area contributed by atoms with Gasteiger partial charge in [0.05, 0.1) is 38.3 Å². The van der Waals surface area contributed by atoms with E-state index in [9.17, 15) is 4.79 Å². The highest BCUT2D eigenvalue weighted by atomic mass is 79.9. The van der Waals surface area contributed by atoms with Crippen LogP contribution in [0, 0.1) is 0 Å². The van der Waals surface area contributed by atoms with Crippen molar-refractivity contribution >= 4 is 21.8 Å². The van der Waals surface area contributed by atoms with Gasteiger partial charge in [-0.05, 0) is 35.0 Å². The Bertz CT molecular complexity index is 536. The van der Waals surface area contributed by atoms with Gasteiger partial charge in [-0.15, -0.1) is 0 Å². The van der Waals surface area contributed by atoms with Crippen LogP contribution in [0.1, 0.15) is 30.1 Å². The van der Waals surface area contributed by atoms with Gasteiger partial charge in [0.2, 0.25) is 0 Å². The molecule has 1 aliphatic heterocycles. The van der Waals surface area contributed by atoms with Crippen LogP contribution in [0.2, 0.25) is 0 Å². The van der Waals surface area contributed by atoms with E-state index in [2.05, 4.69) is 28.2 Å². The molecule has 1 heterocycles. The molecule has 0 aromatic heterocycles. The average molecular weight is 372 g/mol. The number of methoxy groups -OCH3 is 2. The van der Waals surface area contributed by atoms with E-state index in [1.807, 2.05) is 6.07 Å². The van der Waals surface area contributed by atoms with E-state index in [1.54, 1.807) is 25.2 Å². The molecule has 2 N–H and O–H groups in total. The zero-order valence-corrected chi connectivity index (χ0v) is 15.0. The number of likely N-dealkylation sites (N-methyl/N-ethyl adjacent to an activating group) is 1. The van der Waals surface area contributed by atoms with Crippen LogP contribution in [-0.4, -0.2) is 45.8 Å². The summed E-state index contributed by atoms with van der Waals surface area (Å²) in [7, 11) is 3.11. The number of carbonyl (C=O) groups excluding carboxylic acids is 1. The molecule has 1 saturated heterocycles. The number of ether oxygens (including phenoxy) is 2. The van der Waals surface area contributed by atoms with Gasteiger partial charge in [0, 0.05) is 12.8 Å². The quantitative estimate of drug-likeness (QED) is 0.791. The van der Waals surface area contributed by atoms with Crippen LogP contribution in [-0.2, 0) is 0 Å². The molecule has 0 spiro atoms. The van der Waals surface area contributed by atoms with Crippen molar-refractivity contribution in [1.82, 2.24) is 5.32 Å². The minimum Gasteiger partial charge on any atom is -0.496 e. The van der Waals surface area contributed by atoms with Crippen molar-refractivity contribution in [3.63, 3.8) is 0 Å². The number of amides is 1. The summed E-state index contributed by atoms with van der Waals surface area (Å²) in [6, 6.07) is 4.08. The number of hydrogen-bond acceptors (Lipinski definition) is 3. The van der Waals surface area contributed by atoms with Crippen molar-refractivity contribution in [2.24, 2.45) is 0 Å². The lowest BCUT2D eigenvalue weighted by molar-refractivity contribution is -0.909. The Labute approximate surface area is 140 Å². The lowest BCUT2D eigenvalue weighted by atomic mass is 10.1. The van der Waals surface area contributed by atoms with Gasteiger partial charge in [-0.1, -0.05) is 0 Å². The van der Waals surface area contributed by atoms with Gasteiger partial charge in [0.25, 0.3) is 5.91 Å². The Morgan fingerprint density at radius 3 is 2.82 bits per heavy atom. The van der Waals surface area contributed by atoms with Crippen molar-refractivity contribution in [1.29, 1.82) is 0 Å². The summed E-state index contributed by atoms with van der Waals surface area (Å²) in [5.74, 6) is 0.865. The van der Waals surface area contributed by atoms with E-state index in [0.29, 0.717) is 29.6 Å². The molecule has 0 aliphatic carbocycles. The summed E-state index contributed by atoms with van der Waals surface area (Å²) in [6.07, 6.45) is 2.39. The molecule has 22 heavy (non-hydrogen) atoms. The molecular formula is C16H24BrN2O3+. The smallest absolute Gasteiger partial charge is 0.259 e. The van der Waals surface area contributed by atoms with E-state index >= 15 is 0 Å². The van der Waals surface area contributed by atoms with E-state index in [-0.39, 0.29) is 5.91 Å². The maximum Gasteiger partial charge on any atom is 0.259 e. The number of quaternary nitrogens is 1. The number of hydrogen-bond donors (Lipinski definition) is 2. The van der Waals surface area contributed by atoms with Gasteiger partial charge in [-0.2, -0.15) is 0 Å². The summed E-state index contributed by atoms with van der Waals surface area (Å²) in [4.78, 5) is 14.2. The van der Waals surface area contributed by atoms with E-state index in [1.165, 1.54) is 13.0 Å². The molecular weight excluding hydrogens is 348 g/mol. The first-order valence-electron chi connectivity index (χ1n) is 7.65. The molecule has 0 radical (unpaired) electrons. The first-order chi connectivity index (χ1) is 10.6. The minimum absolute atomic E-state index is 0.155. The second kappa shape index (κ2) is 7.83. The Balaban J connectivity index is 2.13. The number of likely N-dealkylation sites (tertiary alicyclic amines) is 1. The Morgan fingerprint density at radius 1 is 1.41 bits per heavy atom. The van der Waals surface area contributed by atoms with E-state index < -0.39 is 0 Å². The first kappa shape index (κ1) is 17.1. The largest absolute Gasteiger partial charge is 0.496 e. The molecule has 0 saturated carbocycles. The van der Waals surface area contributed by atoms with Crippen molar-refractivity contribution < 1.29 is 19.2 Å². The lowest BCUT2D eigenvalue weighted by Crippen LogP contribution is -3.14. The van der Waals surface area contributed by atoms with Crippen LogP contribution in [0.25, 0.3) is 0 Å². The van der Waals surface area contributed by atoms with Crippen LogP contribution in [0.15, 0.2) is 16.6 Å². The van der Waals surface area contributed by atoms with Crippen LogP contribution in [0.3, 0.4) is 0 Å². The summed E-state index contributed by atoms with van der Waals surface area (Å²) in [6.45, 7) is 5.17. The van der Waals surface area contributed by atoms with Crippen LogP contribution < -0.4 is 19.7 Å². The lowest BCUT2D eigenvalue weighted by Gasteiger charge is -2.21. The van der Waals surface area contributed by atoms with Crippen LogP contribution in [0.5, 0.6) is 11.5 Å². The molecule has 6 heteroatoms. The number of carbonyl (C=O) groups is 1. The van der Waals surface area contributed by atoms with Gasteiger partial charge >= 0.3 is 0 Å². The van der Waals surface area contributed by atoms with Gasteiger partial charge in [-0.25, -0.2) is 0 Å². The third-order valence-corrected chi connectivity index (χ3v) is 4.94. The molecule has 1 unspecified atom stereocenters. The SMILES string of the molecule is CC[NH+]1CCC[C@H]1CNC(=O)c1c(OC)ccc(Br)c1OC. The zero-order valence-electron chi connectivity index (χ0n) is 13.4. The van der Waals surface area contributed by atoms with Crippen LogP contribution >= 0.6 is 15.9 Å². The second-order valence-corrected chi connectivity index (χ2v) is 6.32. The van der Waals surface area contributed by atoms with Gasteiger partial charge in [0.1, 0.15) is 23.1 Å². The van der Waals surface area contributed by atoms with Crippen molar-refractivity contribution in [3.8, 4) is 11.5 Å². The standard InChI is InChI=1S/C16H23BrN2O3/c1-4-19-9-5-6-11(19)10-18-16(20)14-13(21-2)8-7-12(17)15(14)22-3/h7-8,11H,4-6,9-10H2,1-3H3,(H,18,20)/p+1/t11-/m0/s1. The molecule has 1 aromatic carbocycles. The predicted molar refractivity (Wildman–Crippen MR) is 89.0 cm³/mol. The monoisotopic (exact) mass is 371 g/mol. The van der Waals surface area contributed by atoms with Crippen molar-refractivity contribution in [2.45, 2.75) is 25.8 Å². The van der Waals surface area contributed by atoms with E-state index in [4.69, 9.17) is 9.47 Å². The fraction of sp³-hybridized carbons (Fsp3) is 0.562. The van der Waals surface area contributed by atoms with Crippen molar-refractivity contribution in [2.75, 3.05) is 33.9 Å². The highest BCUT2D eigenvalue weighted by Gasteiger charge is 2.28. The number of benzene rings is 1. The maximum atomic E-state index is 12.6. The summed E-state index contributed by atoms with van der Waals surface area (Å²) in [5, 5.41) is 3.04. The number of halogens is 1. The summed E-state index contributed by atoms with van der Waals surface area (Å²) in [5.41, 5.74) is 0.440. The van der Waals surface area contributed by atoms with Crippen LogP contribution in [0.4, 0.5) is 0 Å². The molecule has 1 amide bonds. The van der Waals surface area contributed by atoms with E-state index in [0.717, 1.165) is 17.4 Å². The summed E-state index contributed by atoms with van der Waals surface area (Å²) >= 11 is 3.41. The Kier molecular flexibility index (Phi) is 6.08. The molecule has 2 atom stereocenters. The molecule has 1 fully saturated rings. The van der Waals surface area contributed by atoms with Gasteiger partial charge < -0.3 is 19.7 Å². The number of rotatable bonds is 6. The average Bonchev–Trinajstić information content (AvgIpc) is 2.99. The second-order valence-electron chi connectivity index (χ2n) is 5.47. The zero-order chi connectivity index (χ0) is 16.1. The third-order valence-electron chi connectivity index (χ3n) is 4.31. The predicted octanol–water partition coefficient (Wildman–Crippen LogP) is 1.26. The van der Waals surface area contributed by atoms with Crippen molar-refractivity contribution in [3.05, 3.63) is 22.2 Å². The molecule has 122 valence electrons. The molecule has 0 bridgehead atoms. The first-order valence-corrected chi connectivity index (χ1v) is 8.44. The molecule has 1 aromatic rings. The fourth-order valence-corrected chi connectivity index (χ4v) is 3.62. The van der Waals surface area contributed by atoms with Gasteiger partial charge in [-0.3, -0.25) is 4.79 Å².